The predicted molar refractivity (Wildman–Crippen MR) is 83.2 cm³/mol. The molecule has 1 heterocycles. The van der Waals surface area contributed by atoms with Crippen LogP contribution in [0.15, 0.2) is 18.2 Å². The Morgan fingerprint density at radius 1 is 1.30 bits per heavy atom. The maximum Gasteiger partial charge on any atom is 0.123 e. The zero-order valence-electron chi connectivity index (χ0n) is 11.4. The summed E-state index contributed by atoms with van der Waals surface area (Å²) in [7, 11) is 0. The minimum atomic E-state index is -0.185. The highest BCUT2D eigenvalue weighted by atomic mass is 35.5. The summed E-state index contributed by atoms with van der Waals surface area (Å²) in [5, 5.41) is 4.07. The molecule has 1 N–H and O–H groups in total. The molecular formula is C15H21Cl2FN2. The lowest BCUT2D eigenvalue weighted by Gasteiger charge is -2.35. The van der Waals surface area contributed by atoms with Gasteiger partial charge in [0.05, 0.1) is 0 Å². The van der Waals surface area contributed by atoms with Crippen LogP contribution in [0.5, 0.6) is 0 Å². The van der Waals surface area contributed by atoms with Crippen molar-refractivity contribution < 1.29 is 4.39 Å². The number of hydrogen-bond donors (Lipinski definition) is 1. The second kappa shape index (κ2) is 7.08. The highest BCUT2D eigenvalue weighted by Gasteiger charge is 2.31. The molecule has 5 heteroatoms. The standard InChI is InChI=1S/C15H20ClFN2.ClH/c16-14-4-3-12(17)10-13(14)15(9-11-1-2-11)19-7-5-18-6-8-19;/h3-4,10-11,15,18H,1-2,5-9H2;1H/t15-;/m1./s1. The molecule has 112 valence electrons. The number of piperazine rings is 1. The second-order valence-corrected chi connectivity index (χ2v) is 6.05. The molecule has 1 aliphatic carbocycles. The van der Waals surface area contributed by atoms with Gasteiger partial charge in [-0.25, -0.2) is 4.39 Å². The molecule has 20 heavy (non-hydrogen) atoms. The summed E-state index contributed by atoms with van der Waals surface area (Å²) < 4.78 is 13.5. The van der Waals surface area contributed by atoms with Gasteiger partial charge < -0.3 is 5.32 Å². The first-order valence-electron chi connectivity index (χ1n) is 7.14. The van der Waals surface area contributed by atoms with Crippen molar-refractivity contribution in [1.29, 1.82) is 0 Å². The third kappa shape index (κ3) is 3.85. The van der Waals surface area contributed by atoms with Crippen LogP contribution in [0.25, 0.3) is 0 Å². The van der Waals surface area contributed by atoms with Gasteiger partial charge in [0.25, 0.3) is 0 Å². The van der Waals surface area contributed by atoms with Crippen molar-refractivity contribution in [2.45, 2.75) is 25.3 Å². The van der Waals surface area contributed by atoms with E-state index < -0.39 is 0 Å². The van der Waals surface area contributed by atoms with Crippen molar-refractivity contribution in [3.8, 4) is 0 Å². The average Bonchev–Trinajstić information content (AvgIpc) is 3.24. The topological polar surface area (TPSA) is 15.3 Å². The summed E-state index contributed by atoms with van der Waals surface area (Å²) in [4.78, 5) is 2.45. The zero-order valence-corrected chi connectivity index (χ0v) is 13.0. The number of nitrogens with one attached hydrogen (secondary N) is 1. The summed E-state index contributed by atoms with van der Waals surface area (Å²) in [6.07, 6.45) is 3.74. The minimum Gasteiger partial charge on any atom is -0.314 e. The molecule has 1 aliphatic heterocycles. The Kier molecular flexibility index (Phi) is 5.67. The molecule has 2 fully saturated rings. The van der Waals surface area contributed by atoms with Gasteiger partial charge in [-0.2, -0.15) is 0 Å². The molecule has 2 nitrogen and oxygen atoms in total. The summed E-state index contributed by atoms with van der Waals surface area (Å²) in [6, 6.07) is 5.03. The van der Waals surface area contributed by atoms with Gasteiger partial charge in [-0.3, -0.25) is 4.90 Å². The molecule has 1 saturated heterocycles. The van der Waals surface area contributed by atoms with Crippen LogP contribution in [0, 0.1) is 11.7 Å². The number of hydrogen-bond acceptors (Lipinski definition) is 2. The summed E-state index contributed by atoms with van der Waals surface area (Å²) >= 11 is 6.31. The lowest BCUT2D eigenvalue weighted by Crippen LogP contribution is -2.45. The van der Waals surface area contributed by atoms with Crippen LogP contribution in [0.4, 0.5) is 4.39 Å². The molecule has 0 radical (unpaired) electrons. The fraction of sp³-hybridized carbons (Fsp3) is 0.600. The van der Waals surface area contributed by atoms with Crippen LogP contribution in [-0.2, 0) is 0 Å². The molecule has 1 aromatic rings. The lowest BCUT2D eigenvalue weighted by atomic mass is 9.98. The molecule has 1 aromatic carbocycles. The Hall–Kier alpha value is -0.350. The summed E-state index contributed by atoms with van der Waals surface area (Å²) in [6.45, 7) is 4.05. The SMILES string of the molecule is Cl.Fc1ccc(Cl)c([C@@H](CC2CC2)N2CCNCC2)c1. The van der Waals surface area contributed by atoms with Crippen LogP contribution in [-0.4, -0.2) is 31.1 Å². The van der Waals surface area contributed by atoms with Crippen LogP contribution in [0.2, 0.25) is 5.02 Å². The van der Waals surface area contributed by atoms with E-state index >= 15 is 0 Å². The molecule has 0 spiro atoms. The molecule has 3 rings (SSSR count). The third-order valence-electron chi connectivity index (χ3n) is 4.16. The fourth-order valence-electron chi connectivity index (χ4n) is 2.91. The Morgan fingerprint density at radius 3 is 2.65 bits per heavy atom. The Balaban J connectivity index is 0.00000147. The van der Waals surface area contributed by atoms with Gasteiger partial charge >= 0.3 is 0 Å². The van der Waals surface area contributed by atoms with E-state index in [1.54, 1.807) is 12.1 Å². The summed E-state index contributed by atoms with van der Waals surface area (Å²) in [5.41, 5.74) is 0.968. The van der Waals surface area contributed by atoms with Crippen molar-refractivity contribution in [2.24, 2.45) is 5.92 Å². The molecular weight excluding hydrogens is 298 g/mol. The zero-order chi connectivity index (χ0) is 13.2. The molecule has 0 amide bonds. The van der Waals surface area contributed by atoms with Crippen LogP contribution in [0.3, 0.4) is 0 Å². The molecule has 1 atom stereocenters. The second-order valence-electron chi connectivity index (χ2n) is 5.65. The maximum atomic E-state index is 13.5. The smallest absolute Gasteiger partial charge is 0.123 e. The molecule has 0 unspecified atom stereocenters. The minimum absolute atomic E-state index is 0. The van der Waals surface area contributed by atoms with E-state index in [0.29, 0.717) is 5.02 Å². The van der Waals surface area contributed by atoms with Gasteiger partial charge in [-0.1, -0.05) is 24.4 Å². The van der Waals surface area contributed by atoms with Crippen molar-refractivity contribution in [3.63, 3.8) is 0 Å². The normalized spacial score (nSPS) is 21.3. The van der Waals surface area contributed by atoms with E-state index in [1.807, 2.05) is 0 Å². The van der Waals surface area contributed by atoms with Crippen LogP contribution < -0.4 is 5.32 Å². The molecule has 0 aromatic heterocycles. The Morgan fingerprint density at radius 2 is 2.00 bits per heavy atom. The number of rotatable bonds is 4. The number of nitrogens with zero attached hydrogens (tertiary/aromatic N) is 1. The molecule has 1 saturated carbocycles. The van der Waals surface area contributed by atoms with Crippen LogP contribution >= 0.6 is 24.0 Å². The highest BCUT2D eigenvalue weighted by Crippen LogP contribution is 2.41. The van der Waals surface area contributed by atoms with Crippen molar-refractivity contribution in [2.75, 3.05) is 26.2 Å². The molecule has 0 bridgehead atoms. The van der Waals surface area contributed by atoms with Crippen LogP contribution in [0.1, 0.15) is 30.9 Å². The first-order valence-corrected chi connectivity index (χ1v) is 7.51. The predicted octanol–water partition coefficient (Wildman–Crippen LogP) is 3.65. The van der Waals surface area contributed by atoms with Gasteiger partial charge in [0, 0.05) is 37.2 Å². The van der Waals surface area contributed by atoms with Gasteiger partial charge in [-0.15, -0.1) is 12.4 Å². The van der Waals surface area contributed by atoms with Crippen molar-refractivity contribution in [3.05, 3.63) is 34.6 Å². The quantitative estimate of drug-likeness (QED) is 0.911. The maximum absolute atomic E-state index is 13.5. The van der Waals surface area contributed by atoms with Gasteiger partial charge in [-0.05, 0) is 36.1 Å². The first kappa shape index (κ1) is 16.0. The molecule has 2 aliphatic rings. The van der Waals surface area contributed by atoms with E-state index in [0.717, 1.165) is 44.1 Å². The summed E-state index contributed by atoms with van der Waals surface area (Å²) in [5.74, 6) is 0.620. The van der Waals surface area contributed by atoms with Gasteiger partial charge in [0.2, 0.25) is 0 Å². The van der Waals surface area contributed by atoms with Gasteiger partial charge in [0.15, 0.2) is 0 Å². The lowest BCUT2D eigenvalue weighted by molar-refractivity contribution is 0.160. The van der Waals surface area contributed by atoms with E-state index in [2.05, 4.69) is 10.2 Å². The van der Waals surface area contributed by atoms with Crippen molar-refractivity contribution >= 4 is 24.0 Å². The number of halogens is 3. The monoisotopic (exact) mass is 318 g/mol. The van der Waals surface area contributed by atoms with E-state index in [4.69, 9.17) is 11.6 Å². The fourth-order valence-corrected chi connectivity index (χ4v) is 3.15. The van der Waals surface area contributed by atoms with E-state index in [9.17, 15) is 4.39 Å². The number of benzene rings is 1. The third-order valence-corrected chi connectivity index (χ3v) is 4.51. The van der Waals surface area contributed by atoms with E-state index in [1.165, 1.54) is 18.9 Å². The van der Waals surface area contributed by atoms with E-state index in [-0.39, 0.29) is 24.3 Å². The van der Waals surface area contributed by atoms with Gasteiger partial charge in [0.1, 0.15) is 5.82 Å². The first-order chi connectivity index (χ1) is 9.24. The Bertz CT molecular complexity index is 445. The Labute approximate surface area is 131 Å². The largest absolute Gasteiger partial charge is 0.314 e. The highest BCUT2D eigenvalue weighted by molar-refractivity contribution is 6.31. The van der Waals surface area contributed by atoms with Crippen molar-refractivity contribution in [1.82, 2.24) is 10.2 Å². The average molecular weight is 319 g/mol.